The summed E-state index contributed by atoms with van der Waals surface area (Å²) in [5, 5.41) is 11.3. The fraction of sp³-hybridized carbons (Fsp3) is 0.524. The Morgan fingerprint density at radius 3 is 2.62 bits per heavy atom. The number of aromatic nitrogens is 2. The largest absolute Gasteiger partial charge is 0.381 e. The molecule has 1 fully saturated rings. The van der Waals surface area contributed by atoms with Crippen LogP contribution in [0.4, 0.5) is 0 Å². The number of ether oxygens (including phenoxy) is 1. The van der Waals surface area contributed by atoms with Gasteiger partial charge in [0.15, 0.2) is 5.96 Å². The number of aliphatic imine (C=N–C) groups is 1. The Bertz CT molecular complexity index is 742. The van der Waals surface area contributed by atoms with Gasteiger partial charge in [0, 0.05) is 50.5 Å². The third kappa shape index (κ3) is 7.18. The van der Waals surface area contributed by atoms with Crippen molar-refractivity contribution >= 4 is 41.7 Å². The minimum atomic E-state index is 0. The van der Waals surface area contributed by atoms with E-state index in [9.17, 15) is 0 Å². The number of hydrogen-bond donors (Lipinski definition) is 2. The fourth-order valence-corrected chi connectivity index (χ4v) is 4.76. The molecule has 160 valence electrons. The van der Waals surface area contributed by atoms with Crippen molar-refractivity contribution in [2.45, 2.75) is 37.6 Å². The number of hydrogen-bond acceptors (Lipinski definition) is 4. The molecule has 0 spiro atoms. The molecule has 2 N–H and O–H groups in total. The average Bonchev–Trinajstić information content (AvgIpc) is 3.23. The van der Waals surface area contributed by atoms with Crippen molar-refractivity contribution in [3.63, 3.8) is 0 Å². The van der Waals surface area contributed by atoms with Crippen LogP contribution in [-0.2, 0) is 17.8 Å². The van der Waals surface area contributed by atoms with Crippen LogP contribution in [0.5, 0.6) is 0 Å². The summed E-state index contributed by atoms with van der Waals surface area (Å²) in [5.74, 6) is 1.96. The predicted octanol–water partition coefficient (Wildman–Crippen LogP) is 3.52. The van der Waals surface area contributed by atoms with Gasteiger partial charge in [0.2, 0.25) is 0 Å². The van der Waals surface area contributed by atoms with E-state index in [0.29, 0.717) is 0 Å². The average molecular weight is 529 g/mol. The van der Waals surface area contributed by atoms with Crippen molar-refractivity contribution in [3.8, 4) is 0 Å². The normalized spacial score (nSPS) is 16.1. The van der Waals surface area contributed by atoms with Gasteiger partial charge < -0.3 is 15.4 Å². The summed E-state index contributed by atoms with van der Waals surface area (Å²) in [4.78, 5) is 4.42. The van der Waals surface area contributed by atoms with Crippen LogP contribution in [0.2, 0.25) is 0 Å². The molecule has 0 unspecified atom stereocenters. The first-order valence-corrected chi connectivity index (χ1v) is 10.9. The highest BCUT2D eigenvalue weighted by atomic mass is 127. The SMILES string of the molecule is CCSC1(CNC(=NC)NCc2ccccc2Cn2cccn2)CCOCC1.I. The predicted molar refractivity (Wildman–Crippen MR) is 132 cm³/mol. The van der Waals surface area contributed by atoms with Crippen molar-refractivity contribution in [3.05, 3.63) is 53.9 Å². The van der Waals surface area contributed by atoms with E-state index in [1.54, 1.807) is 0 Å². The molecule has 3 rings (SSSR count). The second kappa shape index (κ2) is 12.4. The summed E-state index contributed by atoms with van der Waals surface area (Å²) in [7, 11) is 1.83. The van der Waals surface area contributed by atoms with Crippen LogP contribution in [0.25, 0.3) is 0 Å². The Balaban J connectivity index is 0.00000300. The number of nitrogens with one attached hydrogen (secondary N) is 2. The fourth-order valence-electron chi connectivity index (χ4n) is 3.52. The molecule has 2 heterocycles. The summed E-state index contributed by atoms with van der Waals surface area (Å²) in [6, 6.07) is 10.4. The third-order valence-corrected chi connectivity index (χ3v) is 6.57. The van der Waals surface area contributed by atoms with Crippen LogP contribution in [0.1, 0.15) is 30.9 Å². The maximum atomic E-state index is 5.57. The molecule has 6 nitrogen and oxygen atoms in total. The zero-order chi connectivity index (χ0) is 19.7. The first kappa shape index (κ1) is 24.0. The molecule has 1 aliphatic heterocycles. The van der Waals surface area contributed by atoms with Crippen molar-refractivity contribution in [1.29, 1.82) is 0 Å². The van der Waals surface area contributed by atoms with Crippen molar-refractivity contribution in [2.24, 2.45) is 4.99 Å². The highest BCUT2D eigenvalue weighted by molar-refractivity contribution is 14.0. The van der Waals surface area contributed by atoms with Crippen LogP contribution < -0.4 is 10.6 Å². The molecule has 0 bridgehead atoms. The third-order valence-electron chi connectivity index (χ3n) is 5.11. The molecule has 0 amide bonds. The molecule has 1 aromatic carbocycles. The number of halogens is 1. The lowest BCUT2D eigenvalue weighted by atomic mass is 9.99. The molecule has 1 aliphatic rings. The zero-order valence-corrected chi connectivity index (χ0v) is 20.4. The van der Waals surface area contributed by atoms with Crippen molar-refractivity contribution < 1.29 is 4.74 Å². The van der Waals surface area contributed by atoms with Gasteiger partial charge in [-0.15, -0.1) is 24.0 Å². The molecule has 0 saturated carbocycles. The van der Waals surface area contributed by atoms with Crippen LogP contribution >= 0.6 is 35.7 Å². The van der Waals surface area contributed by atoms with Gasteiger partial charge in [0.05, 0.1) is 6.54 Å². The second-order valence-electron chi connectivity index (χ2n) is 6.98. The molecule has 0 atom stereocenters. The van der Waals surface area contributed by atoms with Crippen LogP contribution in [0.3, 0.4) is 0 Å². The quantitative estimate of drug-likeness (QED) is 0.312. The van der Waals surface area contributed by atoms with E-state index in [1.165, 1.54) is 11.1 Å². The lowest BCUT2D eigenvalue weighted by Crippen LogP contribution is -2.48. The number of rotatable bonds is 8. The molecule has 0 aliphatic carbocycles. The maximum absolute atomic E-state index is 5.57. The maximum Gasteiger partial charge on any atom is 0.191 e. The highest BCUT2D eigenvalue weighted by Gasteiger charge is 2.32. The van der Waals surface area contributed by atoms with E-state index in [4.69, 9.17) is 4.74 Å². The Kier molecular flexibility index (Phi) is 10.3. The lowest BCUT2D eigenvalue weighted by Gasteiger charge is -2.37. The zero-order valence-electron chi connectivity index (χ0n) is 17.3. The van der Waals surface area contributed by atoms with E-state index in [1.807, 2.05) is 42.0 Å². The van der Waals surface area contributed by atoms with Crippen molar-refractivity contribution in [2.75, 3.05) is 32.6 Å². The monoisotopic (exact) mass is 529 g/mol. The van der Waals surface area contributed by atoms with Gasteiger partial charge in [-0.2, -0.15) is 16.9 Å². The van der Waals surface area contributed by atoms with Gasteiger partial charge in [0.25, 0.3) is 0 Å². The summed E-state index contributed by atoms with van der Waals surface area (Å²) in [6.07, 6.45) is 5.97. The molecule has 1 saturated heterocycles. The van der Waals surface area contributed by atoms with Gasteiger partial charge >= 0.3 is 0 Å². The first-order chi connectivity index (χ1) is 13.7. The smallest absolute Gasteiger partial charge is 0.191 e. The number of thioether (sulfide) groups is 1. The van der Waals surface area contributed by atoms with Crippen LogP contribution in [-0.4, -0.2) is 53.0 Å². The molecule has 8 heteroatoms. The van der Waals surface area contributed by atoms with E-state index in [0.717, 1.165) is 57.4 Å². The molecular weight excluding hydrogens is 497 g/mol. The van der Waals surface area contributed by atoms with Gasteiger partial charge in [-0.3, -0.25) is 9.67 Å². The topological polar surface area (TPSA) is 63.5 Å². The summed E-state index contributed by atoms with van der Waals surface area (Å²) in [6.45, 7) is 6.33. The van der Waals surface area contributed by atoms with Crippen LogP contribution in [0.15, 0.2) is 47.7 Å². The van der Waals surface area contributed by atoms with Gasteiger partial charge in [-0.1, -0.05) is 31.2 Å². The molecular formula is C21H32IN5OS. The standard InChI is InChI=1S/C21H31N5OS.HI/c1-3-28-21(9-13-27-14-10-21)17-24-20(22-2)23-15-18-7-4-5-8-19(18)16-26-12-6-11-25-26;/h4-8,11-12H,3,9-10,13-17H2,1-2H3,(H2,22,23,24);1H. The lowest BCUT2D eigenvalue weighted by molar-refractivity contribution is 0.0782. The summed E-state index contributed by atoms with van der Waals surface area (Å²) >= 11 is 2.04. The van der Waals surface area contributed by atoms with Gasteiger partial charge in [0.1, 0.15) is 0 Å². The number of nitrogens with zero attached hydrogens (tertiary/aromatic N) is 3. The first-order valence-electron chi connectivity index (χ1n) is 9.95. The van der Waals surface area contributed by atoms with Crippen LogP contribution in [0, 0.1) is 0 Å². The summed E-state index contributed by atoms with van der Waals surface area (Å²) in [5.41, 5.74) is 2.52. The second-order valence-corrected chi connectivity index (χ2v) is 8.71. The Hall–Kier alpha value is -1.26. The molecule has 2 aromatic rings. The van der Waals surface area contributed by atoms with E-state index >= 15 is 0 Å². The highest BCUT2D eigenvalue weighted by Crippen LogP contribution is 2.34. The van der Waals surface area contributed by atoms with Gasteiger partial charge in [-0.25, -0.2) is 0 Å². The Morgan fingerprint density at radius 2 is 1.97 bits per heavy atom. The summed E-state index contributed by atoms with van der Waals surface area (Å²) < 4.78 is 7.76. The molecule has 1 aromatic heterocycles. The van der Waals surface area contributed by atoms with E-state index in [2.05, 4.69) is 51.9 Å². The van der Waals surface area contributed by atoms with Gasteiger partial charge in [-0.05, 0) is 35.8 Å². The molecule has 0 radical (unpaired) electrons. The minimum absolute atomic E-state index is 0. The van der Waals surface area contributed by atoms with E-state index in [-0.39, 0.29) is 28.7 Å². The van der Waals surface area contributed by atoms with E-state index < -0.39 is 0 Å². The van der Waals surface area contributed by atoms with Crippen molar-refractivity contribution in [1.82, 2.24) is 20.4 Å². The Morgan fingerprint density at radius 1 is 1.21 bits per heavy atom. The Labute approximate surface area is 195 Å². The number of benzene rings is 1. The minimum Gasteiger partial charge on any atom is -0.381 e. The number of guanidine groups is 1. The molecule has 29 heavy (non-hydrogen) atoms.